The van der Waals surface area contributed by atoms with Gasteiger partial charge in [0.15, 0.2) is 5.69 Å². The van der Waals surface area contributed by atoms with Crippen molar-refractivity contribution in [3.8, 4) is 11.8 Å². The normalized spacial score (nSPS) is 12.6. The highest BCUT2D eigenvalue weighted by molar-refractivity contribution is 5.90. The van der Waals surface area contributed by atoms with Crippen LogP contribution >= 0.6 is 0 Å². The van der Waals surface area contributed by atoms with E-state index in [4.69, 9.17) is 9.47 Å². The Bertz CT molecular complexity index is 1180. The van der Waals surface area contributed by atoms with Crippen LogP contribution in [0.5, 0.6) is 5.75 Å². The van der Waals surface area contributed by atoms with Gasteiger partial charge in [-0.1, -0.05) is 25.1 Å². The van der Waals surface area contributed by atoms with Gasteiger partial charge in [0.2, 0.25) is 5.75 Å². The highest BCUT2D eigenvalue weighted by Gasteiger charge is 2.32. The summed E-state index contributed by atoms with van der Waals surface area (Å²) in [6.07, 6.45) is 3.29. The predicted molar refractivity (Wildman–Crippen MR) is 112 cm³/mol. The minimum Gasteiger partial charge on any atom is -0.489 e. The Labute approximate surface area is 179 Å². The number of hydrogen-bond acceptors (Lipinski definition) is 7. The summed E-state index contributed by atoms with van der Waals surface area (Å²) in [5.41, 5.74) is 1.23. The molecule has 1 N–H and O–H groups in total. The van der Waals surface area contributed by atoms with E-state index in [0.29, 0.717) is 17.1 Å². The van der Waals surface area contributed by atoms with Crippen molar-refractivity contribution in [2.24, 2.45) is 7.05 Å². The number of carbonyl (C=O) groups excluding carboxylic acids is 1. The fraction of sp³-hybridized carbons (Fsp3) is 0.318. The Morgan fingerprint density at radius 1 is 1.35 bits per heavy atom. The smallest absolute Gasteiger partial charge is 0.361 e. The van der Waals surface area contributed by atoms with Crippen molar-refractivity contribution in [2.75, 3.05) is 13.7 Å². The molecule has 0 radical (unpaired) electrons. The highest BCUT2D eigenvalue weighted by Crippen LogP contribution is 2.38. The van der Waals surface area contributed by atoms with E-state index in [-0.39, 0.29) is 18.1 Å². The molecular weight excluding hydrogens is 398 g/mol. The maximum absolute atomic E-state index is 12.9. The molecule has 2 aromatic heterocycles. The van der Waals surface area contributed by atoms with Crippen molar-refractivity contribution in [2.45, 2.75) is 25.7 Å². The molecule has 0 saturated carbocycles. The summed E-state index contributed by atoms with van der Waals surface area (Å²) in [6, 6.07) is 9.42. The maximum Gasteiger partial charge on any atom is 0.361 e. The molecule has 2 unspecified atom stereocenters. The molecule has 0 aliphatic rings. The van der Waals surface area contributed by atoms with Crippen LogP contribution in [0.15, 0.2) is 41.6 Å². The summed E-state index contributed by atoms with van der Waals surface area (Å²) in [7, 11) is 2.87. The molecule has 3 rings (SSSR count). The second kappa shape index (κ2) is 9.26. The molecule has 0 saturated heterocycles. The van der Waals surface area contributed by atoms with Gasteiger partial charge in [0, 0.05) is 25.1 Å². The monoisotopic (exact) mass is 421 g/mol. The lowest BCUT2D eigenvalue weighted by atomic mass is 9.82. The van der Waals surface area contributed by atoms with Gasteiger partial charge in [0.25, 0.3) is 5.56 Å². The summed E-state index contributed by atoms with van der Waals surface area (Å²) < 4.78 is 11.6. The highest BCUT2D eigenvalue weighted by atomic mass is 16.5. The van der Waals surface area contributed by atoms with E-state index < -0.39 is 23.4 Å². The van der Waals surface area contributed by atoms with Gasteiger partial charge >= 0.3 is 5.97 Å². The Balaban J connectivity index is 2.23. The van der Waals surface area contributed by atoms with E-state index in [0.717, 1.165) is 5.56 Å². The van der Waals surface area contributed by atoms with E-state index in [1.807, 2.05) is 19.1 Å². The largest absolute Gasteiger partial charge is 0.489 e. The fourth-order valence-corrected chi connectivity index (χ4v) is 3.67. The van der Waals surface area contributed by atoms with E-state index in [1.165, 1.54) is 11.7 Å². The fourth-order valence-electron chi connectivity index (χ4n) is 3.67. The predicted octanol–water partition coefficient (Wildman–Crippen LogP) is 2.50. The molecule has 2 atom stereocenters. The number of imidazole rings is 1. The molecule has 3 aromatic rings. The molecule has 2 heterocycles. The minimum atomic E-state index is -0.737. The molecule has 0 aliphatic heterocycles. The molecule has 0 amide bonds. The number of hydrogen-bond donors (Lipinski definition) is 1. The van der Waals surface area contributed by atoms with Crippen LogP contribution in [0.1, 0.15) is 58.8 Å². The third kappa shape index (κ3) is 4.05. The number of H-pyrrole nitrogens is 1. The first-order chi connectivity index (χ1) is 14.9. The standard InChI is InChI=1S/C22H23N5O4/c1-5-31-22(29)18-19(30-4)21(28)27(3)20(26-18)13(2)17(16-11-24-12-25-16)15-9-7-6-8-14(15)10-23/h6-9,11-13,17H,5H2,1-4H3,(H,24,25). The van der Waals surface area contributed by atoms with Gasteiger partial charge < -0.3 is 14.5 Å². The van der Waals surface area contributed by atoms with Crippen LogP contribution in [-0.2, 0) is 11.8 Å². The van der Waals surface area contributed by atoms with Gasteiger partial charge in [0.1, 0.15) is 5.82 Å². The topological polar surface area (TPSA) is 123 Å². The molecule has 0 aliphatic carbocycles. The number of benzene rings is 1. The van der Waals surface area contributed by atoms with Crippen LogP contribution in [0.25, 0.3) is 0 Å². The third-order valence-electron chi connectivity index (χ3n) is 5.12. The van der Waals surface area contributed by atoms with Crippen LogP contribution in [0.3, 0.4) is 0 Å². The lowest BCUT2D eigenvalue weighted by Gasteiger charge is -2.25. The number of nitriles is 1. The molecular formula is C22H23N5O4. The molecule has 0 fully saturated rings. The van der Waals surface area contributed by atoms with Gasteiger partial charge in [0.05, 0.1) is 37.4 Å². The maximum atomic E-state index is 12.9. The van der Waals surface area contributed by atoms with Gasteiger partial charge in [-0.25, -0.2) is 14.8 Å². The quantitative estimate of drug-likeness (QED) is 0.581. The van der Waals surface area contributed by atoms with Crippen molar-refractivity contribution in [1.82, 2.24) is 19.5 Å². The van der Waals surface area contributed by atoms with Crippen LogP contribution in [0, 0.1) is 11.3 Å². The number of aromatic amines is 1. The summed E-state index contributed by atoms with van der Waals surface area (Å²) in [4.78, 5) is 37.2. The average molecular weight is 421 g/mol. The molecule has 1 aromatic carbocycles. The van der Waals surface area contributed by atoms with E-state index in [9.17, 15) is 14.9 Å². The molecule has 0 spiro atoms. The number of rotatable bonds is 7. The van der Waals surface area contributed by atoms with Crippen LogP contribution in [0.4, 0.5) is 0 Å². The second-order valence-corrected chi connectivity index (χ2v) is 6.90. The van der Waals surface area contributed by atoms with Crippen LogP contribution in [-0.4, -0.2) is 39.2 Å². The van der Waals surface area contributed by atoms with Gasteiger partial charge in [-0.3, -0.25) is 9.36 Å². The van der Waals surface area contributed by atoms with Crippen LogP contribution < -0.4 is 10.3 Å². The second-order valence-electron chi connectivity index (χ2n) is 6.90. The number of methoxy groups -OCH3 is 1. The summed E-state index contributed by atoms with van der Waals surface area (Å²) in [6.45, 7) is 3.67. The Morgan fingerprint density at radius 2 is 2.10 bits per heavy atom. The summed E-state index contributed by atoms with van der Waals surface area (Å²) >= 11 is 0. The molecule has 9 nitrogen and oxygen atoms in total. The van der Waals surface area contributed by atoms with Crippen molar-refractivity contribution in [1.29, 1.82) is 5.26 Å². The number of carbonyl (C=O) groups is 1. The average Bonchev–Trinajstić information content (AvgIpc) is 3.30. The number of nitrogens with one attached hydrogen (secondary N) is 1. The lowest BCUT2D eigenvalue weighted by molar-refractivity contribution is 0.0514. The Hall–Kier alpha value is -3.93. The molecule has 31 heavy (non-hydrogen) atoms. The number of ether oxygens (including phenoxy) is 2. The van der Waals surface area contributed by atoms with E-state index in [1.54, 1.807) is 38.6 Å². The number of esters is 1. The zero-order valence-electron chi connectivity index (χ0n) is 17.7. The first kappa shape index (κ1) is 21.8. The molecule has 9 heteroatoms. The zero-order chi connectivity index (χ0) is 22.5. The lowest BCUT2D eigenvalue weighted by Crippen LogP contribution is -2.30. The first-order valence-corrected chi connectivity index (χ1v) is 9.74. The third-order valence-corrected chi connectivity index (χ3v) is 5.12. The molecule has 0 bridgehead atoms. The van der Waals surface area contributed by atoms with Crippen molar-refractivity contribution < 1.29 is 14.3 Å². The van der Waals surface area contributed by atoms with Gasteiger partial charge in [-0.2, -0.15) is 5.26 Å². The minimum absolute atomic E-state index is 0.134. The molecule has 160 valence electrons. The number of aromatic nitrogens is 4. The summed E-state index contributed by atoms with van der Waals surface area (Å²) in [5.74, 6) is -1.39. The first-order valence-electron chi connectivity index (χ1n) is 9.74. The van der Waals surface area contributed by atoms with E-state index >= 15 is 0 Å². The van der Waals surface area contributed by atoms with Crippen molar-refractivity contribution in [3.63, 3.8) is 0 Å². The number of nitrogens with zero attached hydrogens (tertiary/aromatic N) is 4. The SMILES string of the molecule is CCOC(=O)c1nc(C(C)C(c2c[nH]cn2)c2ccccc2C#N)n(C)c(=O)c1OC. The van der Waals surface area contributed by atoms with Crippen LogP contribution in [0.2, 0.25) is 0 Å². The van der Waals surface area contributed by atoms with Crippen molar-refractivity contribution >= 4 is 5.97 Å². The Morgan fingerprint density at radius 3 is 2.71 bits per heavy atom. The van der Waals surface area contributed by atoms with Gasteiger partial charge in [-0.15, -0.1) is 0 Å². The van der Waals surface area contributed by atoms with Crippen molar-refractivity contribution in [3.05, 3.63) is 75.5 Å². The Kier molecular flexibility index (Phi) is 6.50. The summed E-state index contributed by atoms with van der Waals surface area (Å²) in [5, 5.41) is 9.63. The van der Waals surface area contributed by atoms with Gasteiger partial charge in [-0.05, 0) is 18.6 Å². The zero-order valence-corrected chi connectivity index (χ0v) is 17.7. The van der Waals surface area contributed by atoms with E-state index in [2.05, 4.69) is 21.0 Å².